The lowest BCUT2D eigenvalue weighted by atomic mass is 10.1. The molecule has 0 aliphatic heterocycles. The van der Waals surface area contributed by atoms with Crippen molar-refractivity contribution in [3.8, 4) is 6.07 Å². The van der Waals surface area contributed by atoms with Gasteiger partial charge in [0.1, 0.15) is 0 Å². The van der Waals surface area contributed by atoms with E-state index in [0.29, 0.717) is 0 Å². The van der Waals surface area contributed by atoms with Gasteiger partial charge in [0.25, 0.3) is 0 Å². The normalized spacial score (nSPS) is 10.5. The predicted octanol–water partition coefficient (Wildman–Crippen LogP) is 2.33. The van der Waals surface area contributed by atoms with Crippen molar-refractivity contribution < 1.29 is 4.74 Å². The molecular weight excluding hydrogens is 212 g/mol. The molecule has 0 aromatic heterocycles. The molecular formula is C14H20N2O. The van der Waals surface area contributed by atoms with Crippen LogP contribution in [0.5, 0.6) is 0 Å². The molecule has 0 unspecified atom stereocenters. The molecule has 0 spiro atoms. The lowest BCUT2D eigenvalue weighted by molar-refractivity contribution is 0.120. The van der Waals surface area contributed by atoms with Crippen LogP contribution in [-0.4, -0.2) is 31.7 Å². The topological polar surface area (TPSA) is 36.3 Å². The Bertz CT molecular complexity index is 396. The summed E-state index contributed by atoms with van der Waals surface area (Å²) in [5.74, 6) is 0. The van der Waals surface area contributed by atoms with Gasteiger partial charge in [-0.25, -0.2) is 0 Å². The van der Waals surface area contributed by atoms with Crippen LogP contribution in [0.1, 0.15) is 23.6 Å². The zero-order chi connectivity index (χ0) is 12.7. The quantitative estimate of drug-likeness (QED) is 0.706. The van der Waals surface area contributed by atoms with Crippen LogP contribution in [0, 0.1) is 18.3 Å². The summed E-state index contributed by atoms with van der Waals surface area (Å²) in [6.45, 7) is 7.40. The van der Waals surface area contributed by atoms with Gasteiger partial charge in [-0.15, -0.1) is 0 Å². The average molecular weight is 232 g/mol. The van der Waals surface area contributed by atoms with E-state index in [9.17, 15) is 0 Å². The maximum Gasteiger partial charge on any atom is 0.0991 e. The number of likely N-dealkylation sites (N-methyl/N-ethyl adjacent to an activating group) is 1. The molecule has 1 aromatic rings. The lowest BCUT2D eigenvalue weighted by Crippen LogP contribution is -2.23. The molecule has 1 aromatic carbocycles. The van der Waals surface area contributed by atoms with Gasteiger partial charge >= 0.3 is 0 Å². The van der Waals surface area contributed by atoms with E-state index in [4.69, 9.17) is 10.00 Å². The summed E-state index contributed by atoms with van der Waals surface area (Å²) in [5, 5.41) is 8.80. The third kappa shape index (κ3) is 4.56. The summed E-state index contributed by atoms with van der Waals surface area (Å²) in [6, 6.07) is 8.00. The Morgan fingerprint density at radius 2 is 2.18 bits per heavy atom. The Labute approximate surface area is 104 Å². The SMILES string of the molecule is CCOCCN(C)Cc1ccc(C#N)cc1C. The number of hydrogen-bond acceptors (Lipinski definition) is 3. The summed E-state index contributed by atoms with van der Waals surface area (Å²) in [6.07, 6.45) is 0. The zero-order valence-electron chi connectivity index (χ0n) is 10.9. The summed E-state index contributed by atoms with van der Waals surface area (Å²) in [5.41, 5.74) is 3.17. The molecule has 3 nitrogen and oxygen atoms in total. The van der Waals surface area contributed by atoms with Crippen molar-refractivity contribution in [2.75, 3.05) is 26.8 Å². The number of benzene rings is 1. The first-order chi connectivity index (χ1) is 8.17. The van der Waals surface area contributed by atoms with Gasteiger partial charge in [-0.05, 0) is 44.2 Å². The minimum Gasteiger partial charge on any atom is -0.380 e. The second-order valence-electron chi connectivity index (χ2n) is 4.19. The average Bonchev–Trinajstić information content (AvgIpc) is 2.32. The fraction of sp³-hybridized carbons (Fsp3) is 0.500. The highest BCUT2D eigenvalue weighted by molar-refractivity contribution is 5.37. The van der Waals surface area contributed by atoms with Crippen LogP contribution in [0.2, 0.25) is 0 Å². The highest BCUT2D eigenvalue weighted by Gasteiger charge is 2.04. The first kappa shape index (κ1) is 13.7. The molecule has 92 valence electrons. The first-order valence-electron chi connectivity index (χ1n) is 5.93. The van der Waals surface area contributed by atoms with Crippen LogP contribution in [0.25, 0.3) is 0 Å². The summed E-state index contributed by atoms with van der Waals surface area (Å²) >= 11 is 0. The maximum absolute atomic E-state index is 8.80. The fourth-order valence-corrected chi connectivity index (χ4v) is 1.68. The largest absolute Gasteiger partial charge is 0.380 e. The van der Waals surface area contributed by atoms with Crippen LogP contribution in [-0.2, 0) is 11.3 Å². The van der Waals surface area contributed by atoms with Crippen LogP contribution >= 0.6 is 0 Å². The highest BCUT2D eigenvalue weighted by atomic mass is 16.5. The minimum atomic E-state index is 0.725. The van der Waals surface area contributed by atoms with E-state index in [0.717, 1.165) is 31.9 Å². The van der Waals surface area contributed by atoms with Gasteiger partial charge < -0.3 is 4.74 Å². The third-order valence-corrected chi connectivity index (χ3v) is 2.73. The summed E-state index contributed by atoms with van der Waals surface area (Å²) < 4.78 is 5.32. The third-order valence-electron chi connectivity index (χ3n) is 2.73. The molecule has 0 aliphatic carbocycles. The fourth-order valence-electron chi connectivity index (χ4n) is 1.68. The van der Waals surface area contributed by atoms with E-state index in [1.807, 2.05) is 32.0 Å². The van der Waals surface area contributed by atoms with Gasteiger partial charge in [-0.2, -0.15) is 5.26 Å². The summed E-state index contributed by atoms with van der Waals surface area (Å²) in [7, 11) is 2.08. The number of nitrogens with zero attached hydrogens (tertiary/aromatic N) is 2. The van der Waals surface area contributed by atoms with E-state index in [1.54, 1.807) is 0 Å². The molecule has 0 atom stereocenters. The standard InChI is InChI=1S/C14H20N2O/c1-4-17-8-7-16(3)11-14-6-5-13(10-15)9-12(14)2/h5-6,9H,4,7-8,11H2,1-3H3. The number of ether oxygens (including phenoxy) is 1. The van der Waals surface area contributed by atoms with Crippen molar-refractivity contribution in [1.29, 1.82) is 5.26 Å². The Morgan fingerprint density at radius 1 is 1.41 bits per heavy atom. The Kier molecular flexibility index (Phi) is 5.68. The number of nitriles is 1. The van der Waals surface area contributed by atoms with Gasteiger partial charge in [-0.3, -0.25) is 4.90 Å². The van der Waals surface area contributed by atoms with E-state index < -0.39 is 0 Å². The molecule has 0 fully saturated rings. The van der Waals surface area contributed by atoms with Crippen LogP contribution in [0.3, 0.4) is 0 Å². The number of rotatable bonds is 6. The van der Waals surface area contributed by atoms with E-state index in [2.05, 4.69) is 18.0 Å². The number of aryl methyl sites for hydroxylation is 1. The second kappa shape index (κ2) is 7.05. The molecule has 0 aliphatic rings. The van der Waals surface area contributed by atoms with Gasteiger partial charge in [0.15, 0.2) is 0 Å². The van der Waals surface area contributed by atoms with Crippen molar-refractivity contribution >= 4 is 0 Å². The predicted molar refractivity (Wildman–Crippen MR) is 68.7 cm³/mol. The van der Waals surface area contributed by atoms with Crippen LogP contribution < -0.4 is 0 Å². The molecule has 1 rings (SSSR count). The smallest absolute Gasteiger partial charge is 0.0991 e. The van der Waals surface area contributed by atoms with Gasteiger partial charge in [0.2, 0.25) is 0 Å². The van der Waals surface area contributed by atoms with E-state index in [-0.39, 0.29) is 0 Å². The van der Waals surface area contributed by atoms with Crippen LogP contribution in [0.15, 0.2) is 18.2 Å². The summed E-state index contributed by atoms with van der Waals surface area (Å²) in [4.78, 5) is 2.23. The number of hydrogen-bond donors (Lipinski definition) is 0. The van der Waals surface area contributed by atoms with Crippen molar-refractivity contribution in [2.45, 2.75) is 20.4 Å². The van der Waals surface area contributed by atoms with Crippen molar-refractivity contribution in [3.63, 3.8) is 0 Å². The van der Waals surface area contributed by atoms with Gasteiger partial charge in [-0.1, -0.05) is 6.07 Å². The van der Waals surface area contributed by atoms with Crippen molar-refractivity contribution in [1.82, 2.24) is 4.90 Å². The first-order valence-corrected chi connectivity index (χ1v) is 5.93. The minimum absolute atomic E-state index is 0.725. The highest BCUT2D eigenvalue weighted by Crippen LogP contribution is 2.12. The molecule has 0 bridgehead atoms. The van der Waals surface area contributed by atoms with E-state index >= 15 is 0 Å². The zero-order valence-corrected chi connectivity index (χ0v) is 10.9. The molecule has 0 N–H and O–H groups in total. The van der Waals surface area contributed by atoms with Gasteiger partial charge in [0, 0.05) is 19.7 Å². The van der Waals surface area contributed by atoms with E-state index in [1.165, 1.54) is 11.1 Å². The molecule has 0 saturated carbocycles. The molecule has 0 saturated heterocycles. The second-order valence-corrected chi connectivity index (χ2v) is 4.19. The lowest BCUT2D eigenvalue weighted by Gasteiger charge is -2.17. The molecule has 0 heterocycles. The monoisotopic (exact) mass is 232 g/mol. The van der Waals surface area contributed by atoms with Crippen molar-refractivity contribution in [3.05, 3.63) is 34.9 Å². The van der Waals surface area contributed by atoms with Crippen LogP contribution in [0.4, 0.5) is 0 Å². The molecule has 17 heavy (non-hydrogen) atoms. The molecule has 0 amide bonds. The van der Waals surface area contributed by atoms with Gasteiger partial charge in [0.05, 0.1) is 18.2 Å². The Morgan fingerprint density at radius 3 is 2.76 bits per heavy atom. The molecule has 3 heteroatoms. The van der Waals surface area contributed by atoms with Crippen molar-refractivity contribution in [2.24, 2.45) is 0 Å². The Balaban J connectivity index is 2.54. The Hall–Kier alpha value is -1.37. The molecule has 0 radical (unpaired) electrons. The maximum atomic E-state index is 8.80.